The fraction of sp³-hybridized carbons (Fsp3) is 0.444. The van der Waals surface area contributed by atoms with E-state index in [1.165, 1.54) is 11.3 Å². The van der Waals surface area contributed by atoms with Crippen molar-refractivity contribution in [2.75, 3.05) is 18.4 Å². The first kappa shape index (κ1) is 19.4. The van der Waals surface area contributed by atoms with Crippen LogP contribution in [0.25, 0.3) is 0 Å². The lowest BCUT2D eigenvalue weighted by Gasteiger charge is -2.32. The Morgan fingerprint density at radius 1 is 1.18 bits per heavy atom. The molecule has 1 aromatic heterocycles. The summed E-state index contributed by atoms with van der Waals surface area (Å²) in [7, 11) is 0. The Bertz CT molecular complexity index is 884. The number of piperidine rings is 1. The molecule has 10 heteroatoms. The molecule has 0 saturated carbocycles. The van der Waals surface area contributed by atoms with Gasteiger partial charge in [-0.25, -0.2) is 4.79 Å². The van der Waals surface area contributed by atoms with E-state index in [1.807, 2.05) is 6.07 Å². The van der Waals surface area contributed by atoms with Gasteiger partial charge in [-0.1, -0.05) is 40.6 Å². The molecule has 28 heavy (non-hydrogen) atoms. The molecule has 1 aromatic carbocycles. The van der Waals surface area contributed by atoms with Gasteiger partial charge in [0.1, 0.15) is 5.51 Å². The van der Waals surface area contributed by atoms with Crippen LogP contribution in [0.2, 0.25) is 10.0 Å². The molecule has 1 aliphatic carbocycles. The largest absolute Gasteiger partial charge is 0.331 e. The maximum absolute atomic E-state index is 12.7. The molecule has 4 rings (SSSR count). The molecule has 0 bridgehead atoms. The highest BCUT2D eigenvalue weighted by Crippen LogP contribution is 2.39. The van der Waals surface area contributed by atoms with Gasteiger partial charge in [0.25, 0.3) is 0 Å². The number of nitrogens with zero attached hydrogens (tertiary/aromatic N) is 3. The summed E-state index contributed by atoms with van der Waals surface area (Å²) < 4.78 is 0. The van der Waals surface area contributed by atoms with E-state index >= 15 is 0 Å². The predicted molar refractivity (Wildman–Crippen MR) is 109 cm³/mol. The van der Waals surface area contributed by atoms with Gasteiger partial charge in [-0.05, 0) is 42.9 Å². The van der Waals surface area contributed by atoms with Gasteiger partial charge in [-0.3, -0.25) is 4.79 Å². The molecule has 2 aliphatic rings. The summed E-state index contributed by atoms with van der Waals surface area (Å²) in [4.78, 5) is 26.8. The minimum absolute atomic E-state index is 0.0595. The number of aromatic nitrogens is 2. The number of hydrogen-bond acceptors (Lipinski definition) is 5. The number of carbonyl (C=O) groups is 2. The highest BCUT2D eigenvalue weighted by atomic mass is 35.5. The summed E-state index contributed by atoms with van der Waals surface area (Å²) in [5.41, 5.74) is 3.63. The Morgan fingerprint density at radius 2 is 1.96 bits per heavy atom. The number of likely N-dealkylation sites (tertiary alicyclic amines) is 1. The maximum Gasteiger partial charge on any atom is 0.317 e. The first-order valence-corrected chi connectivity index (χ1v) is 10.8. The van der Waals surface area contributed by atoms with Gasteiger partial charge in [0.2, 0.25) is 11.0 Å². The first-order chi connectivity index (χ1) is 13.5. The predicted octanol–water partition coefficient (Wildman–Crippen LogP) is 3.89. The van der Waals surface area contributed by atoms with Gasteiger partial charge < -0.3 is 15.5 Å². The van der Waals surface area contributed by atoms with Crippen molar-refractivity contribution < 1.29 is 9.59 Å². The summed E-state index contributed by atoms with van der Waals surface area (Å²) in [6.07, 6.45) is 2.86. The summed E-state index contributed by atoms with van der Waals surface area (Å²) in [5.74, 6) is -0.186. The molecule has 1 atom stereocenters. The van der Waals surface area contributed by atoms with E-state index in [-0.39, 0.29) is 23.9 Å². The third-order valence-corrected chi connectivity index (χ3v) is 6.78. The van der Waals surface area contributed by atoms with Crippen LogP contribution in [0.4, 0.5) is 9.93 Å². The number of rotatable bonds is 3. The lowest BCUT2D eigenvalue weighted by molar-refractivity contribution is -0.121. The Kier molecular flexibility index (Phi) is 5.70. The van der Waals surface area contributed by atoms with Crippen molar-refractivity contribution in [1.29, 1.82) is 0 Å². The molecule has 0 spiro atoms. The zero-order chi connectivity index (χ0) is 19.7. The number of benzene rings is 1. The zero-order valence-corrected chi connectivity index (χ0v) is 17.3. The summed E-state index contributed by atoms with van der Waals surface area (Å²) in [5, 5.41) is 15.0. The SMILES string of the molecule is O=C(Nc1nncs1)C1CCN(C(=O)NC2CCc3c2ccc(Cl)c3Cl)CC1. The van der Waals surface area contributed by atoms with Crippen molar-refractivity contribution in [1.82, 2.24) is 20.4 Å². The van der Waals surface area contributed by atoms with Crippen LogP contribution in [0.15, 0.2) is 17.6 Å². The van der Waals surface area contributed by atoms with Gasteiger partial charge in [0.15, 0.2) is 0 Å². The molecule has 2 aromatic rings. The number of amides is 3. The minimum Gasteiger partial charge on any atom is -0.331 e. The standard InChI is InChI=1S/C18H19Cl2N5O2S/c19-13-3-1-11-12(15(13)20)2-4-14(11)22-18(27)25-7-5-10(6-8-25)16(26)23-17-24-21-9-28-17/h1,3,9-10,14H,2,4-8H2,(H,22,27)(H,23,24,26). The average molecular weight is 440 g/mol. The molecule has 1 saturated heterocycles. The number of urea groups is 1. The Labute approximate surface area is 176 Å². The third-order valence-electron chi connectivity index (χ3n) is 5.33. The monoisotopic (exact) mass is 439 g/mol. The van der Waals surface area contributed by atoms with Crippen LogP contribution >= 0.6 is 34.5 Å². The molecule has 2 heterocycles. The minimum atomic E-state index is -0.124. The summed E-state index contributed by atoms with van der Waals surface area (Å²) in [6, 6.07) is 3.54. The second kappa shape index (κ2) is 8.23. The van der Waals surface area contributed by atoms with Crippen molar-refractivity contribution in [2.24, 2.45) is 5.92 Å². The molecule has 148 valence electrons. The van der Waals surface area contributed by atoms with Crippen LogP contribution in [0.5, 0.6) is 0 Å². The second-order valence-corrected chi connectivity index (χ2v) is 8.58. The van der Waals surface area contributed by atoms with Gasteiger partial charge >= 0.3 is 6.03 Å². The normalized spacial score (nSPS) is 19.4. The molecule has 3 amide bonds. The highest BCUT2D eigenvalue weighted by Gasteiger charge is 2.31. The Morgan fingerprint density at radius 3 is 2.68 bits per heavy atom. The molecule has 1 fully saturated rings. The van der Waals surface area contributed by atoms with E-state index < -0.39 is 0 Å². The Balaban J connectivity index is 1.31. The third kappa shape index (κ3) is 3.94. The molecule has 1 unspecified atom stereocenters. The summed E-state index contributed by atoms with van der Waals surface area (Å²) >= 11 is 13.7. The van der Waals surface area contributed by atoms with Crippen LogP contribution < -0.4 is 10.6 Å². The summed E-state index contributed by atoms with van der Waals surface area (Å²) in [6.45, 7) is 1.09. The van der Waals surface area contributed by atoms with E-state index in [1.54, 1.807) is 16.5 Å². The van der Waals surface area contributed by atoms with Crippen LogP contribution in [0.1, 0.15) is 36.4 Å². The van der Waals surface area contributed by atoms with E-state index in [0.717, 1.165) is 24.0 Å². The van der Waals surface area contributed by atoms with Gasteiger partial charge in [-0.15, -0.1) is 10.2 Å². The average Bonchev–Trinajstić information content (AvgIpc) is 3.35. The molecule has 0 radical (unpaired) electrons. The lowest BCUT2D eigenvalue weighted by atomic mass is 9.96. The van der Waals surface area contributed by atoms with E-state index in [0.29, 0.717) is 41.1 Å². The number of carbonyl (C=O) groups excluding carboxylic acids is 2. The number of halogens is 2. The topological polar surface area (TPSA) is 87.2 Å². The second-order valence-electron chi connectivity index (χ2n) is 6.96. The van der Waals surface area contributed by atoms with Crippen LogP contribution in [0.3, 0.4) is 0 Å². The van der Waals surface area contributed by atoms with E-state index in [2.05, 4.69) is 20.8 Å². The van der Waals surface area contributed by atoms with E-state index in [9.17, 15) is 9.59 Å². The van der Waals surface area contributed by atoms with E-state index in [4.69, 9.17) is 23.2 Å². The smallest absolute Gasteiger partial charge is 0.317 e. The van der Waals surface area contributed by atoms with Crippen LogP contribution in [-0.4, -0.2) is 40.1 Å². The number of anilines is 1. The lowest BCUT2D eigenvalue weighted by Crippen LogP contribution is -2.46. The number of fused-ring (bicyclic) bond motifs is 1. The first-order valence-electron chi connectivity index (χ1n) is 9.12. The zero-order valence-electron chi connectivity index (χ0n) is 15.0. The number of hydrogen-bond donors (Lipinski definition) is 2. The van der Waals surface area contributed by atoms with Crippen molar-refractivity contribution >= 4 is 51.6 Å². The van der Waals surface area contributed by atoms with Crippen molar-refractivity contribution in [2.45, 2.75) is 31.7 Å². The molecule has 1 aliphatic heterocycles. The molecule has 7 nitrogen and oxygen atoms in total. The van der Waals surface area contributed by atoms with Gasteiger partial charge in [0.05, 0.1) is 16.1 Å². The quantitative estimate of drug-likeness (QED) is 0.758. The van der Waals surface area contributed by atoms with Crippen molar-refractivity contribution in [3.8, 4) is 0 Å². The molecular formula is C18H19Cl2N5O2S. The highest BCUT2D eigenvalue weighted by molar-refractivity contribution is 7.13. The van der Waals surface area contributed by atoms with Crippen molar-refractivity contribution in [3.63, 3.8) is 0 Å². The van der Waals surface area contributed by atoms with Crippen molar-refractivity contribution in [3.05, 3.63) is 38.8 Å². The van der Waals surface area contributed by atoms with Crippen LogP contribution in [-0.2, 0) is 11.2 Å². The molecular weight excluding hydrogens is 421 g/mol. The molecule has 2 N–H and O–H groups in total. The van der Waals surface area contributed by atoms with Gasteiger partial charge in [0, 0.05) is 19.0 Å². The van der Waals surface area contributed by atoms with Crippen LogP contribution in [0, 0.1) is 5.92 Å². The fourth-order valence-corrected chi connectivity index (χ4v) is 4.69. The fourth-order valence-electron chi connectivity index (χ4n) is 3.80. The van der Waals surface area contributed by atoms with Gasteiger partial charge in [-0.2, -0.15) is 0 Å². The number of nitrogens with one attached hydrogen (secondary N) is 2. The Hall–Kier alpha value is -1.90. The maximum atomic E-state index is 12.7.